The van der Waals surface area contributed by atoms with Gasteiger partial charge in [0.1, 0.15) is 6.33 Å². The van der Waals surface area contributed by atoms with E-state index in [1.54, 1.807) is 0 Å². The van der Waals surface area contributed by atoms with Crippen LogP contribution in [-0.2, 0) is 0 Å². The van der Waals surface area contributed by atoms with E-state index in [1.807, 2.05) is 6.92 Å². The van der Waals surface area contributed by atoms with Gasteiger partial charge in [-0.2, -0.15) is 0 Å². The summed E-state index contributed by atoms with van der Waals surface area (Å²) in [7, 11) is 0. The second-order valence-corrected chi connectivity index (χ2v) is 5.04. The van der Waals surface area contributed by atoms with Gasteiger partial charge < -0.3 is 11.1 Å². The van der Waals surface area contributed by atoms with Gasteiger partial charge in [-0.1, -0.05) is 19.3 Å². The first-order chi connectivity index (χ1) is 9.09. The van der Waals surface area contributed by atoms with Crippen molar-refractivity contribution in [3.63, 3.8) is 0 Å². The van der Waals surface area contributed by atoms with E-state index < -0.39 is 4.92 Å². The Morgan fingerprint density at radius 2 is 2.11 bits per heavy atom. The molecule has 7 heteroatoms. The molecule has 1 aliphatic rings. The van der Waals surface area contributed by atoms with E-state index in [9.17, 15) is 10.1 Å². The molecule has 0 spiro atoms. The molecule has 0 aromatic carbocycles. The minimum Gasteiger partial charge on any atom is -0.378 e. The second-order valence-electron chi connectivity index (χ2n) is 5.04. The van der Waals surface area contributed by atoms with E-state index in [1.165, 1.54) is 25.6 Å². The number of anilines is 2. The van der Waals surface area contributed by atoms with Gasteiger partial charge in [-0.15, -0.1) is 0 Å². The number of hydrogen-bond donors (Lipinski definition) is 2. The lowest BCUT2D eigenvalue weighted by molar-refractivity contribution is -0.383. The van der Waals surface area contributed by atoms with Crippen LogP contribution in [0.1, 0.15) is 39.0 Å². The molecule has 1 unspecified atom stereocenters. The van der Waals surface area contributed by atoms with Gasteiger partial charge in [0, 0.05) is 6.04 Å². The van der Waals surface area contributed by atoms with Crippen molar-refractivity contribution < 1.29 is 4.92 Å². The molecule has 0 bridgehead atoms. The minimum atomic E-state index is -0.536. The molecule has 2 rings (SSSR count). The third kappa shape index (κ3) is 3.10. The molecule has 3 N–H and O–H groups in total. The minimum absolute atomic E-state index is 0.0988. The summed E-state index contributed by atoms with van der Waals surface area (Å²) in [5.74, 6) is 0.651. The molecule has 19 heavy (non-hydrogen) atoms. The van der Waals surface area contributed by atoms with Crippen molar-refractivity contribution in [2.24, 2.45) is 5.92 Å². The molecule has 0 amide bonds. The molecule has 104 valence electrons. The average molecular weight is 265 g/mol. The molecule has 1 heterocycles. The van der Waals surface area contributed by atoms with Crippen LogP contribution in [0.2, 0.25) is 0 Å². The Hall–Kier alpha value is -1.92. The van der Waals surface area contributed by atoms with Crippen LogP contribution in [0.3, 0.4) is 0 Å². The Kier molecular flexibility index (Phi) is 4.13. The monoisotopic (exact) mass is 265 g/mol. The first-order valence-electron chi connectivity index (χ1n) is 6.61. The predicted molar refractivity (Wildman–Crippen MR) is 72.8 cm³/mol. The summed E-state index contributed by atoms with van der Waals surface area (Å²) in [6.07, 6.45) is 7.29. The van der Waals surface area contributed by atoms with Crippen molar-refractivity contribution in [2.75, 3.05) is 11.1 Å². The number of hydrogen-bond acceptors (Lipinski definition) is 6. The maximum Gasteiger partial charge on any atom is 0.352 e. The first-order valence-corrected chi connectivity index (χ1v) is 6.61. The molecule has 1 aliphatic carbocycles. The second kappa shape index (κ2) is 5.81. The van der Waals surface area contributed by atoms with Crippen molar-refractivity contribution in [1.29, 1.82) is 0 Å². The van der Waals surface area contributed by atoms with Crippen LogP contribution in [-0.4, -0.2) is 20.9 Å². The average Bonchev–Trinajstić information content (AvgIpc) is 2.39. The fraction of sp³-hybridized carbons (Fsp3) is 0.667. The van der Waals surface area contributed by atoms with Crippen LogP contribution in [0.25, 0.3) is 0 Å². The standard InChI is InChI=1S/C12H19N5O2/c1-8(9-5-3-2-4-6-9)16-12-10(17(18)19)11(13)14-7-15-12/h7-9H,2-6H2,1H3,(H3,13,14,15,16). The zero-order chi connectivity index (χ0) is 13.8. The Morgan fingerprint density at radius 3 is 2.74 bits per heavy atom. The Morgan fingerprint density at radius 1 is 1.42 bits per heavy atom. The normalized spacial score (nSPS) is 17.9. The van der Waals surface area contributed by atoms with Crippen LogP contribution in [0, 0.1) is 16.0 Å². The van der Waals surface area contributed by atoms with Crippen molar-refractivity contribution in [3.8, 4) is 0 Å². The summed E-state index contributed by atoms with van der Waals surface area (Å²) in [6, 6.07) is 0.147. The molecule has 0 radical (unpaired) electrons. The van der Waals surface area contributed by atoms with Crippen LogP contribution in [0.4, 0.5) is 17.3 Å². The summed E-state index contributed by atoms with van der Waals surface area (Å²) in [6.45, 7) is 2.04. The third-order valence-electron chi connectivity index (χ3n) is 3.75. The summed E-state index contributed by atoms with van der Waals surface area (Å²) in [4.78, 5) is 18.1. The topological polar surface area (TPSA) is 107 Å². The molecule has 1 aromatic rings. The van der Waals surface area contributed by atoms with Gasteiger partial charge >= 0.3 is 5.69 Å². The van der Waals surface area contributed by atoms with Gasteiger partial charge in [-0.05, 0) is 25.7 Å². The van der Waals surface area contributed by atoms with Crippen molar-refractivity contribution >= 4 is 17.3 Å². The lowest BCUT2D eigenvalue weighted by Gasteiger charge is -2.28. The van der Waals surface area contributed by atoms with Gasteiger partial charge in [-0.3, -0.25) is 10.1 Å². The number of rotatable bonds is 4. The van der Waals surface area contributed by atoms with Crippen LogP contribution >= 0.6 is 0 Å². The lowest BCUT2D eigenvalue weighted by Crippen LogP contribution is -2.28. The SMILES string of the molecule is CC(Nc1ncnc(N)c1[N+](=O)[O-])C1CCCCC1. The molecule has 0 saturated heterocycles. The van der Waals surface area contributed by atoms with Gasteiger partial charge in [0.15, 0.2) is 0 Å². The smallest absolute Gasteiger partial charge is 0.352 e. The number of aromatic nitrogens is 2. The maximum atomic E-state index is 11.0. The highest BCUT2D eigenvalue weighted by atomic mass is 16.6. The Bertz CT molecular complexity index is 459. The van der Waals surface area contributed by atoms with Gasteiger partial charge in [0.05, 0.1) is 4.92 Å². The highest BCUT2D eigenvalue weighted by molar-refractivity contribution is 5.67. The number of nitro groups is 1. The van der Waals surface area contributed by atoms with E-state index in [4.69, 9.17) is 5.73 Å². The Balaban J connectivity index is 2.14. The summed E-state index contributed by atoms with van der Waals surface area (Å²) < 4.78 is 0. The first kappa shape index (κ1) is 13.5. The fourth-order valence-corrected chi connectivity index (χ4v) is 2.65. The highest BCUT2D eigenvalue weighted by Crippen LogP contribution is 2.31. The molecular weight excluding hydrogens is 246 g/mol. The molecule has 7 nitrogen and oxygen atoms in total. The quantitative estimate of drug-likeness (QED) is 0.639. The van der Waals surface area contributed by atoms with E-state index in [-0.39, 0.29) is 23.4 Å². The van der Waals surface area contributed by atoms with Gasteiger partial charge in [0.25, 0.3) is 0 Å². The van der Waals surface area contributed by atoms with Crippen molar-refractivity contribution in [3.05, 3.63) is 16.4 Å². The van der Waals surface area contributed by atoms with E-state index in [0.717, 1.165) is 12.8 Å². The van der Waals surface area contributed by atoms with E-state index in [0.29, 0.717) is 5.92 Å². The molecule has 1 fully saturated rings. The van der Waals surface area contributed by atoms with Crippen LogP contribution in [0.5, 0.6) is 0 Å². The summed E-state index contributed by atoms with van der Waals surface area (Å²) in [5, 5.41) is 14.1. The molecule has 1 saturated carbocycles. The number of nitrogens with zero attached hydrogens (tertiary/aromatic N) is 3. The maximum absolute atomic E-state index is 11.0. The van der Waals surface area contributed by atoms with E-state index in [2.05, 4.69) is 15.3 Å². The van der Waals surface area contributed by atoms with Crippen LogP contribution in [0.15, 0.2) is 6.33 Å². The Labute approximate surface area is 111 Å². The largest absolute Gasteiger partial charge is 0.378 e. The summed E-state index contributed by atoms with van der Waals surface area (Å²) >= 11 is 0. The van der Waals surface area contributed by atoms with Crippen LogP contribution < -0.4 is 11.1 Å². The molecule has 0 aliphatic heterocycles. The highest BCUT2D eigenvalue weighted by Gasteiger charge is 2.25. The van der Waals surface area contributed by atoms with E-state index >= 15 is 0 Å². The number of nitrogens with one attached hydrogen (secondary N) is 1. The third-order valence-corrected chi connectivity index (χ3v) is 3.75. The molecular formula is C12H19N5O2. The number of nitrogens with two attached hydrogens (primary N) is 1. The zero-order valence-electron chi connectivity index (χ0n) is 11.0. The number of nitrogen functional groups attached to an aromatic ring is 1. The fourth-order valence-electron chi connectivity index (χ4n) is 2.65. The van der Waals surface area contributed by atoms with Crippen molar-refractivity contribution in [1.82, 2.24) is 9.97 Å². The van der Waals surface area contributed by atoms with Crippen molar-refractivity contribution in [2.45, 2.75) is 45.1 Å². The lowest BCUT2D eigenvalue weighted by atomic mass is 9.84. The molecule has 1 atom stereocenters. The predicted octanol–water partition coefficient (Wildman–Crippen LogP) is 2.35. The molecule has 1 aromatic heterocycles. The van der Waals surface area contributed by atoms with Gasteiger partial charge in [0.2, 0.25) is 11.6 Å². The summed E-state index contributed by atoms with van der Waals surface area (Å²) in [5.41, 5.74) is 5.31. The van der Waals surface area contributed by atoms with Gasteiger partial charge in [-0.25, -0.2) is 9.97 Å². The zero-order valence-corrected chi connectivity index (χ0v) is 11.0.